The molecule has 0 radical (unpaired) electrons. The Hall–Kier alpha value is -4.53. The summed E-state index contributed by atoms with van der Waals surface area (Å²) in [4.78, 5) is 42.8. The molecule has 0 aliphatic heterocycles. The monoisotopic (exact) mass is 575 g/mol. The summed E-state index contributed by atoms with van der Waals surface area (Å²) in [6.45, 7) is 9.29. The van der Waals surface area contributed by atoms with Gasteiger partial charge < -0.3 is 30.5 Å². The van der Waals surface area contributed by atoms with Gasteiger partial charge in [0, 0.05) is 18.7 Å². The van der Waals surface area contributed by atoms with Gasteiger partial charge in [-0.3, -0.25) is 9.59 Å². The molecule has 42 heavy (non-hydrogen) atoms. The molecule has 0 aromatic heterocycles. The third-order valence-corrected chi connectivity index (χ3v) is 6.57. The normalized spacial score (nSPS) is 12.6. The van der Waals surface area contributed by atoms with Crippen LogP contribution in [0, 0.1) is 6.92 Å². The number of rotatable bonds is 11. The fourth-order valence-corrected chi connectivity index (χ4v) is 4.46. The molecule has 2 unspecified atom stereocenters. The maximum absolute atomic E-state index is 14.4. The fraction of sp³-hybridized carbons (Fsp3) is 0.364. The Morgan fingerprint density at radius 3 is 2.07 bits per heavy atom. The Labute approximate surface area is 247 Å². The number of phenolic OH excluding ortho intramolecular Hbond substituents is 2. The number of ether oxygens (including phenoxy) is 1. The lowest BCUT2D eigenvalue weighted by Gasteiger charge is -2.34. The fourth-order valence-electron chi connectivity index (χ4n) is 4.46. The molecule has 0 saturated carbocycles. The quantitative estimate of drug-likeness (QED) is 0.227. The second kappa shape index (κ2) is 14.4. The van der Waals surface area contributed by atoms with Crippen LogP contribution in [0.4, 0.5) is 10.5 Å². The van der Waals surface area contributed by atoms with Crippen molar-refractivity contribution in [2.75, 3.05) is 11.9 Å². The number of alkyl carbamates (subject to hydrolysis) is 1. The molecule has 3 rings (SSSR count). The van der Waals surface area contributed by atoms with Crippen LogP contribution in [-0.2, 0) is 20.7 Å². The Kier molecular flexibility index (Phi) is 11.0. The lowest BCUT2D eigenvalue weighted by atomic mass is 9.99. The number of hydrogen-bond acceptors (Lipinski definition) is 6. The number of nitrogens with one attached hydrogen (secondary N) is 2. The third-order valence-electron chi connectivity index (χ3n) is 6.57. The molecule has 0 aliphatic carbocycles. The molecule has 3 aromatic rings. The van der Waals surface area contributed by atoms with Crippen LogP contribution in [-0.4, -0.2) is 51.2 Å². The molecule has 0 fully saturated rings. The van der Waals surface area contributed by atoms with Crippen LogP contribution in [0.2, 0.25) is 0 Å². The van der Waals surface area contributed by atoms with E-state index < -0.39 is 35.6 Å². The number of amides is 3. The highest BCUT2D eigenvalue weighted by Crippen LogP contribution is 2.28. The standard InChI is InChI=1S/C33H41N3O6/c1-6-7-20-36(29(24-14-18-26(38)19-15-24)30(39)34-27-11-9-8-10-22(27)2)31(40)28(35-32(41)42-33(3,4)5)21-23-12-16-25(37)17-13-23/h8-19,28-29,37-38H,6-7,20-21H2,1-5H3,(H,34,39)(H,35,41). The molecule has 3 aromatic carbocycles. The predicted molar refractivity (Wildman–Crippen MR) is 162 cm³/mol. The number of benzene rings is 3. The molecular weight excluding hydrogens is 534 g/mol. The van der Waals surface area contributed by atoms with Crippen molar-refractivity contribution in [1.29, 1.82) is 0 Å². The van der Waals surface area contributed by atoms with Crippen molar-refractivity contribution >= 4 is 23.6 Å². The summed E-state index contributed by atoms with van der Waals surface area (Å²) in [5.41, 5.74) is 1.88. The number of aromatic hydroxyl groups is 2. The highest BCUT2D eigenvalue weighted by Gasteiger charge is 2.36. The van der Waals surface area contributed by atoms with E-state index in [2.05, 4.69) is 10.6 Å². The molecule has 9 nitrogen and oxygen atoms in total. The summed E-state index contributed by atoms with van der Waals surface area (Å²) in [7, 11) is 0. The summed E-state index contributed by atoms with van der Waals surface area (Å²) < 4.78 is 5.47. The van der Waals surface area contributed by atoms with E-state index in [4.69, 9.17) is 4.74 Å². The van der Waals surface area contributed by atoms with Crippen molar-refractivity contribution in [3.63, 3.8) is 0 Å². The minimum atomic E-state index is -1.08. The maximum atomic E-state index is 14.4. The molecule has 3 amide bonds. The van der Waals surface area contributed by atoms with E-state index in [1.165, 1.54) is 29.2 Å². The van der Waals surface area contributed by atoms with Gasteiger partial charge in [0.1, 0.15) is 29.2 Å². The topological polar surface area (TPSA) is 128 Å². The van der Waals surface area contributed by atoms with Gasteiger partial charge in [0.25, 0.3) is 5.91 Å². The first-order chi connectivity index (χ1) is 19.9. The van der Waals surface area contributed by atoms with E-state index in [9.17, 15) is 24.6 Å². The van der Waals surface area contributed by atoms with Crippen molar-refractivity contribution in [1.82, 2.24) is 10.2 Å². The lowest BCUT2D eigenvalue weighted by Crippen LogP contribution is -2.53. The Balaban J connectivity index is 2.06. The molecule has 9 heteroatoms. The van der Waals surface area contributed by atoms with Gasteiger partial charge in [-0.2, -0.15) is 0 Å². The van der Waals surface area contributed by atoms with Crippen LogP contribution in [0.1, 0.15) is 63.3 Å². The molecule has 2 atom stereocenters. The first kappa shape index (κ1) is 32.0. The number of hydrogen-bond donors (Lipinski definition) is 4. The van der Waals surface area contributed by atoms with Crippen LogP contribution < -0.4 is 10.6 Å². The van der Waals surface area contributed by atoms with E-state index in [1.807, 2.05) is 32.0 Å². The van der Waals surface area contributed by atoms with E-state index in [0.29, 0.717) is 23.2 Å². The smallest absolute Gasteiger partial charge is 0.408 e. The van der Waals surface area contributed by atoms with E-state index in [-0.39, 0.29) is 24.5 Å². The molecular formula is C33H41N3O6. The van der Waals surface area contributed by atoms with Crippen molar-refractivity contribution in [2.45, 2.75) is 71.6 Å². The lowest BCUT2D eigenvalue weighted by molar-refractivity contribution is -0.140. The summed E-state index contributed by atoms with van der Waals surface area (Å²) in [6, 6.07) is 17.7. The average molecular weight is 576 g/mol. The van der Waals surface area contributed by atoms with Gasteiger partial charge in [0.2, 0.25) is 5.91 Å². The van der Waals surface area contributed by atoms with Gasteiger partial charge in [-0.25, -0.2) is 4.79 Å². The molecule has 4 N–H and O–H groups in total. The zero-order valence-electron chi connectivity index (χ0n) is 24.9. The van der Waals surface area contributed by atoms with Gasteiger partial charge in [-0.1, -0.05) is 55.8 Å². The number of carbonyl (C=O) groups is 3. The summed E-state index contributed by atoms with van der Waals surface area (Å²) in [6.07, 6.45) is 0.702. The molecule has 224 valence electrons. The zero-order chi connectivity index (χ0) is 30.9. The summed E-state index contributed by atoms with van der Waals surface area (Å²) in [5, 5.41) is 25.4. The van der Waals surface area contributed by atoms with E-state index in [1.54, 1.807) is 51.1 Å². The molecule has 0 spiro atoms. The van der Waals surface area contributed by atoms with Crippen molar-refractivity contribution < 1.29 is 29.3 Å². The molecule has 0 heterocycles. The zero-order valence-corrected chi connectivity index (χ0v) is 24.9. The predicted octanol–water partition coefficient (Wildman–Crippen LogP) is 5.85. The van der Waals surface area contributed by atoms with Gasteiger partial charge in [0.05, 0.1) is 0 Å². The maximum Gasteiger partial charge on any atom is 0.408 e. The van der Waals surface area contributed by atoms with Crippen molar-refractivity contribution in [2.24, 2.45) is 0 Å². The minimum Gasteiger partial charge on any atom is -0.508 e. The van der Waals surface area contributed by atoms with Crippen LogP contribution in [0.15, 0.2) is 72.8 Å². The highest BCUT2D eigenvalue weighted by molar-refractivity contribution is 5.99. The van der Waals surface area contributed by atoms with E-state index >= 15 is 0 Å². The summed E-state index contributed by atoms with van der Waals surface area (Å²) >= 11 is 0. The van der Waals surface area contributed by atoms with Gasteiger partial charge in [0.15, 0.2) is 0 Å². The van der Waals surface area contributed by atoms with Crippen LogP contribution in [0.5, 0.6) is 11.5 Å². The van der Waals surface area contributed by atoms with Gasteiger partial charge in [-0.05, 0) is 81.1 Å². The van der Waals surface area contributed by atoms with E-state index in [0.717, 1.165) is 12.0 Å². The molecule has 0 saturated heterocycles. The summed E-state index contributed by atoms with van der Waals surface area (Å²) in [5.74, 6) is -0.799. The largest absolute Gasteiger partial charge is 0.508 e. The number of nitrogens with zero attached hydrogens (tertiary/aromatic N) is 1. The number of aryl methyl sites for hydroxylation is 1. The van der Waals surface area contributed by atoms with Crippen LogP contribution in [0.25, 0.3) is 0 Å². The number of phenols is 2. The SMILES string of the molecule is CCCCN(C(=O)C(Cc1ccc(O)cc1)NC(=O)OC(C)(C)C)C(C(=O)Nc1ccccc1C)c1ccc(O)cc1. The minimum absolute atomic E-state index is 0.0278. The first-order valence-corrected chi connectivity index (χ1v) is 14.1. The van der Waals surface area contributed by atoms with Gasteiger partial charge >= 0.3 is 6.09 Å². The second-order valence-electron chi connectivity index (χ2n) is 11.3. The Morgan fingerprint density at radius 2 is 1.50 bits per heavy atom. The first-order valence-electron chi connectivity index (χ1n) is 14.1. The number of para-hydroxylation sites is 1. The highest BCUT2D eigenvalue weighted by atomic mass is 16.6. The Morgan fingerprint density at radius 1 is 0.905 bits per heavy atom. The Bertz CT molecular complexity index is 1350. The molecule has 0 bridgehead atoms. The van der Waals surface area contributed by atoms with Crippen LogP contribution in [0.3, 0.4) is 0 Å². The van der Waals surface area contributed by atoms with Crippen molar-refractivity contribution in [3.05, 3.63) is 89.5 Å². The van der Waals surface area contributed by atoms with Crippen molar-refractivity contribution in [3.8, 4) is 11.5 Å². The van der Waals surface area contributed by atoms with Gasteiger partial charge in [-0.15, -0.1) is 0 Å². The molecule has 0 aliphatic rings. The van der Waals surface area contributed by atoms with Crippen LogP contribution >= 0.6 is 0 Å². The third kappa shape index (κ3) is 9.26. The number of carbonyl (C=O) groups excluding carboxylic acids is 3. The average Bonchev–Trinajstić information content (AvgIpc) is 2.92. The number of unbranched alkanes of at least 4 members (excludes halogenated alkanes) is 1. The number of anilines is 1. The second-order valence-corrected chi connectivity index (χ2v) is 11.3.